The largest absolute Gasteiger partial charge is 0.484 e. The Bertz CT molecular complexity index is 786. The van der Waals surface area contributed by atoms with E-state index in [0.717, 1.165) is 5.56 Å². The highest BCUT2D eigenvalue weighted by atomic mass is 35.5. The second-order valence-corrected chi connectivity index (χ2v) is 8.10. The molecule has 28 heavy (non-hydrogen) atoms. The van der Waals surface area contributed by atoms with Gasteiger partial charge in [-0.05, 0) is 57.5 Å². The van der Waals surface area contributed by atoms with Crippen LogP contribution in [-0.2, 0) is 16.1 Å². The number of amides is 2. The van der Waals surface area contributed by atoms with Crippen molar-refractivity contribution in [3.8, 4) is 5.75 Å². The molecule has 2 aromatic rings. The molecule has 2 amide bonds. The van der Waals surface area contributed by atoms with Gasteiger partial charge in [-0.15, -0.1) is 0 Å². The number of carbonyl (C=O) groups excluding carboxylic acids is 2. The quantitative estimate of drug-likeness (QED) is 0.760. The minimum absolute atomic E-state index is 0.165. The summed E-state index contributed by atoms with van der Waals surface area (Å²) in [5, 5.41) is 3.53. The molecule has 0 heterocycles. The van der Waals surface area contributed by atoms with Gasteiger partial charge < -0.3 is 15.0 Å². The van der Waals surface area contributed by atoms with Crippen LogP contribution in [0.25, 0.3) is 0 Å². The fourth-order valence-electron chi connectivity index (χ4n) is 2.60. The standard InChI is InChI=1S/C22H27ClN2O3/c1-16(21(27)24-22(2,3)4)25(14-17-8-6-5-7-9-17)20(26)15-28-19-12-10-18(23)11-13-19/h5-13,16H,14-15H2,1-4H3,(H,24,27). The van der Waals surface area contributed by atoms with Crippen molar-refractivity contribution in [3.63, 3.8) is 0 Å². The van der Waals surface area contributed by atoms with Gasteiger partial charge in [0.25, 0.3) is 5.91 Å². The molecule has 1 N–H and O–H groups in total. The highest BCUT2D eigenvalue weighted by Gasteiger charge is 2.28. The van der Waals surface area contributed by atoms with Gasteiger partial charge in [0.05, 0.1) is 0 Å². The van der Waals surface area contributed by atoms with Gasteiger partial charge in [-0.25, -0.2) is 0 Å². The van der Waals surface area contributed by atoms with Crippen molar-refractivity contribution in [3.05, 3.63) is 65.2 Å². The summed E-state index contributed by atoms with van der Waals surface area (Å²) in [5.41, 5.74) is 0.560. The van der Waals surface area contributed by atoms with Crippen molar-refractivity contribution in [1.82, 2.24) is 10.2 Å². The maximum atomic E-state index is 12.9. The summed E-state index contributed by atoms with van der Waals surface area (Å²) in [4.78, 5) is 27.1. The molecule has 0 aliphatic carbocycles. The van der Waals surface area contributed by atoms with Crippen LogP contribution < -0.4 is 10.1 Å². The molecule has 5 nitrogen and oxygen atoms in total. The van der Waals surface area contributed by atoms with Crippen LogP contribution in [0.15, 0.2) is 54.6 Å². The molecule has 6 heteroatoms. The summed E-state index contributed by atoms with van der Waals surface area (Å²) in [6.45, 7) is 7.61. The van der Waals surface area contributed by atoms with Gasteiger partial charge in [-0.1, -0.05) is 41.9 Å². The van der Waals surface area contributed by atoms with Gasteiger partial charge >= 0.3 is 0 Å². The molecule has 150 valence electrons. The molecule has 1 unspecified atom stereocenters. The first-order valence-electron chi connectivity index (χ1n) is 9.19. The van der Waals surface area contributed by atoms with Gasteiger partial charge in [0.15, 0.2) is 6.61 Å². The number of ether oxygens (including phenoxy) is 1. The molecule has 0 bridgehead atoms. The average Bonchev–Trinajstić information content (AvgIpc) is 2.64. The number of hydrogen-bond donors (Lipinski definition) is 1. The number of benzene rings is 2. The van der Waals surface area contributed by atoms with E-state index in [1.165, 1.54) is 4.90 Å². The van der Waals surface area contributed by atoms with E-state index in [2.05, 4.69) is 5.32 Å². The van der Waals surface area contributed by atoms with Gasteiger partial charge in [0.2, 0.25) is 5.91 Å². The highest BCUT2D eigenvalue weighted by Crippen LogP contribution is 2.16. The molecule has 0 saturated heterocycles. The number of hydrogen-bond acceptors (Lipinski definition) is 3. The van der Waals surface area contributed by atoms with Crippen molar-refractivity contribution < 1.29 is 14.3 Å². The first-order chi connectivity index (χ1) is 13.2. The van der Waals surface area contributed by atoms with Crippen LogP contribution >= 0.6 is 11.6 Å². The molecular weight excluding hydrogens is 376 g/mol. The molecular formula is C22H27ClN2O3. The summed E-state index contributed by atoms with van der Waals surface area (Å²) in [7, 11) is 0. The summed E-state index contributed by atoms with van der Waals surface area (Å²) >= 11 is 5.87. The SMILES string of the molecule is CC(C(=O)NC(C)(C)C)N(Cc1ccccc1)C(=O)COc1ccc(Cl)cc1. The normalized spacial score (nSPS) is 12.2. The lowest BCUT2D eigenvalue weighted by Crippen LogP contribution is -2.53. The lowest BCUT2D eigenvalue weighted by atomic mass is 10.1. The fraction of sp³-hybridized carbons (Fsp3) is 0.364. The van der Waals surface area contributed by atoms with E-state index in [0.29, 0.717) is 17.3 Å². The van der Waals surface area contributed by atoms with Crippen LogP contribution in [0, 0.1) is 0 Å². The van der Waals surface area contributed by atoms with E-state index in [1.807, 2.05) is 51.1 Å². The van der Waals surface area contributed by atoms with E-state index >= 15 is 0 Å². The predicted octanol–water partition coefficient (Wildman–Crippen LogP) is 4.05. The topological polar surface area (TPSA) is 58.6 Å². The van der Waals surface area contributed by atoms with Crippen molar-refractivity contribution in [2.75, 3.05) is 6.61 Å². The molecule has 2 aromatic carbocycles. The van der Waals surface area contributed by atoms with Crippen molar-refractivity contribution >= 4 is 23.4 Å². The summed E-state index contributed by atoms with van der Waals surface area (Å²) in [5.74, 6) is 0.0721. The van der Waals surface area contributed by atoms with Gasteiger partial charge in [-0.2, -0.15) is 0 Å². The molecule has 0 radical (unpaired) electrons. The Morgan fingerprint density at radius 3 is 2.25 bits per heavy atom. The highest BCUT2D eigenvalue weighted by molar-refractivity contribution is 6.30. The Balaban J connectivity index is 2.12. The van der Waals surface area contributed by atoms with Crippen LogP contribution in [-0.4, -0.2) is 34.9 Å². The maximum Gasteiger partial charge on any atom is 0.261 e. The summed E-state index contributed by atoms with van der Waals surface area (Å²) in [6, 6.07) is 15.7. The van der Waals surface area contributed by atoms with Crippen molar-refractivity contribution in [2.24, 2.45) is 0 Å². The van der Waals surface area contributed by atoms with Crippen molar-refractivity contribution in [2.45, 2.75) is 45.8 Å². The van der Waals surface area contributed by atoms with Crippen molar-refractivity contribution in [1.29, 1.82) is 0 Å². The van der Waals surface area contributed by atoms with E-state index in [9.17, 15) is 9.59 Å². The molecule has 0 spiro atoms. The zero-order valence-electron chi connectivity index (χ0n) is 16.7. The monoisotopic (exact) mass is 402 g/mol. The van der Waals surface area contributed by atoms with Crippen LogP contribution in [0.3, 0.4) is 0 Å². The third-order valence-electron chi connectivity index (χ3n) is 4.04. The van der Waals surface area contributed by atoms with E-state index in [4.69, 9.17) is 16.3 Å². The zero-order valence-corrected chi connectivity index (χ0v) is 17.5. The Kier molecular flexibility index (Phi) is 7.46. The Morgan fingerprint density at radius 2 is 1.68 bits per heavy atom. The molecule has 1 atom stereocenters. The molecule has 0 fully saturated rings. The number of nitrogens with one attached hydrogen (secondary N) is 1. The summed E-state index contributed by atoms with van der Waals surface area (Å²) in [6.07, 6.45) is 0. The second kappa shape index (κ2) is 9.60. The molecule has 0 aromatic heterocycles. The van der Waals surface area contributed by atoms with Crippen LogP contribution in [0.5, 0.6) is 5.75 Å². The predicted molar refractivity (Wildman–Crippen MR) is 111 cm³/mol. The van der Waals surface area contributed by atoms with Crippen LogP contribution in [0.1, 0.15) is 33.3 Å². The first kappa shape index (κ1) is 21.8. The Morgan fingerprint density at radius 1 is 1.07 bits per heavy atom. The van der Waals surface area contributed by atoms with Gasteiger partial charge in [-0.3, -0.25) is 9.59 Å². The van der Waals surface area contributed by atoms with E-state index in [1.54, 1.807) is 31.2 Å². The fourth-order valence-corrected chi connectivity index (χ4v) is 2.72. The minimum Gasteiger partial charge on any atom is -0.484 e. The van der Waals surface area contributed by atoms with Crippen LogP contribution in [0.2, 0.25) is 5.02 Å². The average molecular weight is 403 g/mol. The maximum absolute atomic E-state index is 12.9. The van der Waals surface area contributed by atoms with Crippen LogP contribution in [0.4, 0.5) is 0 Å². The number of nitrogens with zero attached hydrogens (tertiary/aromatic N) is 1. The number of halogens is 1. The summed E-state index contributed by atoms with van der Waals surface area (Å²) < 4.78 is 5.59. The third-order valence-corrected chi connectivity index (χ3v) is 4.29. The Labute approximate surface area is 171 Å². The lowest BCUT2D eigenvalue weighted by molar-refractivity contribution is -0.142. The molecule has 0 saturated carbocycles. The van der Waals surface area contributed by atoms with Gasteiger partial charge in [0.1, 0.15) is 11.8 Å². The molecule has 2 rings (SSSR count). The first-order valence-corrected chi connectivity index (χ1v) is 9.57. The lowest BCUT2D eigenvalue weighted by Gasteiger charge is -2.31. The molecule has 0 aliphatic rings. The second-order valence-electron chi connectivity index (χ2n) is 7.67. The zero-order chi connectivity index (χ0) is 20.7. The smallest absolute Gasteiger partial charge is 0.261 e. The number of rotatable bonds is 7. The van der Waals surface area contributed by atoms with E-state index < -0.39 is 6.04 Å². The molecule has 0 aliphatic heterocycles. The minimum atomic E-state index is -0.638. The Hall–Kier alpha value is -2.53. The van der Waals surface area contributed by atoms with Gasteiger partial charge in [0, 0.05) is 17.1 Å². The third kappa shape index (κ3) is 6.89. The number of carbonyl (C=O) groups is 2. The van der Waals surface area contributed by atoms with E-state index in [-0.39, 0.29) is 24.0 Å².